The lowest BCUT2D eigenvalue weighted by Crippen LogP contribution is -2.59. The van der Waals surface area contributed by atoms with Crippen LogP contribution in [0.25, 0.3) is 0 Å². The summed E-state index contributed by atoms with van der Waals surface area (Å²) in [6.07, 6.45) is 0.261. The highest BCUT2D eigenvalue weighted by Crippen LogP contribution is 2.55. The van der Waals surface area contributed by atoms with Crippen LogP contribution in [-0.4, -0.2) is 51.5 Å². The van der Waals surface area contributed by atoms with E-state index in [1.165, 1.54) is 34.5 Å². The van der Waals surface area contributed by atoms with Crippen LogP contribution in [0.1, 0.15) is 41.6 Å². The molecular weight excluding hydrogens is 502 g/mol. The molecule has 0 radical (unpaired) electrons. The molecule has 5 rings (SSSR count). The summed E-state index contributed by atoms with van der Waals surface area (Å²) in [5.41, 5.74) is -0.268. The highest BCUT2D eigenvalue weighted by molar-refractivity contribution is 6.36. The third-order valence-corrected chi connectivity index (χ3v) is 7.73. The van der Waals surface area contributed by atoms with Crippen molar-refractivity contribution in [2.45, 2.75) is 31.3 Å². The van der Waals surface area contributed by atoms with Crippen LogP contribution in [-0.2, 0) is 9.59 Å². The Hall–Kier alpha value is -3.72. The molecule has 2 aromatic carbocycles. The summed E-state index contributed by atoms with van der Waals surface area (Å²) in [5.74, 6) is -1.000. The summed E-state index contributed by atoms with van der Waals surface area (Å²) >= 11 is 6.53. The van der Waals surface area contributed by atoms with Gasteiger partial charge in [-0.05, 0) is 24.1 Å². The molecule has 10 heteroatoms. The second kappa shape index (κ2) is 8.99. The van der Waals surface area contributed by atoms with Gasteiger partial charge < -0.3 is 29.0 Å². The first-order valence-electron chi connectivity index (χ1n) is 11.7. The van der Waals surface area contributed by atoms with Crippen molar-refractivity contribution >= 4 is 29.1 Å². The van der Waals surface area contributed by atoms with Gasteiger partial charge in [-0.25, -0.2) is 0 Å². The van der Waals surface area contributed by atoms with Gasteiger partial charge in [-0.15, -0.1) is 0 Å². The molecule has 37 heavy (non-hydrogen) atoms. The number of hydrogen-bond acceptors (Lipinski definition) is 8. The monoisotopic (exact) mass is 527 g/mol. The lowest BCUT2D eigenvalue weighted by atomic mass is 9.66. The maximum Gasteiger partial charge on any atom is 0.236 e. The third kappa shape index (κ3) is 3.48. The standard InChI is InChI=1S/C27H26ClNO8/c1-12-8-15-21(14(10-20(30)29-15)13-6-7-16(33-2)17(9-13)34-3)25(31)27(12)26(32)22-18(35-4)11-19(36-5)23(28)24(22)37-27/h6-7,9,11-12,14H,8,10H2,1-5H3,(H,29,30)/t12-,14-,27+/m1/s1. The van der Waals surface area contributed by atoms with Gasteiger partial charge in [0.05, 0.1) is 28.4 Å². The van der Waals surface area contributed by atoms with Gasteiger partial charge in [0.25, 0.3) is 0 Å². The molecule has 1 spiro atoms. The molecule has 0 fully saturated rings. The molecule has 0 unspecified atom stereocenters. The van der Waals surface area contributed by atoms with Crippen LogP contribution in [0.2, 0.25) is 5.02 Å². The van der Waals surface area contributed by atoms with Crippen LogP contribution < -0.4 is 29.0 Å². The number of halogens is 1. The largest absolute Gasteiger partial charge is 0.496 e. The second-order valence-corrected chi connectivity index (χ2v) is 9.59. The fourth-order valence-electron chi connectivity index (χ4n) is 5.54. The fourth-order valence-corrected chi connectivity index (χ4v) is 5.81. The number of fused-ring (bicyclic) bond motifs is 1. The maximum absolute atomic E-state index is 14.4. The van der Waals surface area contributed by atoms with Crippen LogP contribution in [0.15, 0.2) is 35.5 Å². The number of rotatable bonds is 5. The number of hydrogen-bond donors (Lipinski definition) is 1. The van der Waals surface area contributed by atoms with Gasteiger partial charge in [0.15, 0.2) is 17.2 Å². The molecule has 2 aliphatic heterocycles. The average molecular weight is 528 g/mol. The molecule has 3 aliphatic rings. The predicted molar refractivity (Wildman–Crippen MR) is 133 cm³/mol. The van der Waals surface area contributed by atoms with Crippen LogP contribution in [0, 0.1) is 5.92 Å². The lowest BCUT2D eigenvalue weighted by Gasteiger charge is -2.41. The van der Waals surface area contributed by atoms with E-state index in [9.17, 15) is 14.4 Å². The molecule has 9 nitrogen and oxygen atoms in total. The molecular formula is C27H26ClNO8. The number of ketones is 2. The number of ether oxygens (including phenoxy) is 5. The van der Waals surface area contributed by atoms with Crippen molar-refractivity contribution in [3.05, 3.63) is 51.7 Å². The number of amides is 1. The molecule has 194 valence electrons. The van der Waals surface area contributed by atoms with E-state index in [0.717, 1.165) is 0 Å². The van der Waals surface area contributed by atoms with Gasteiger partial charge in [0.2, 0.25) is 23.1 Å². The van der Waals surface area contributed by atoms with Crippen LogP contribution in [0.5, 0.6) is 28.7 Å². The van der Waals surface area contributed by atoms with Gasteiger partial charge in [-0.2, -0.15) is 0 Å². The minimum atomic E-state index is -1.86. The van der Waals surface area contributed by atoms with Gasteiger partial charge in [0, 0.05) is 35.6 Å². The Morgan fingerprint density at radius 3 is 2.22 bits per heavy atom. The number of methoxy groups -OCH3 is 4. The number of benzene rings is 2. The van der Waals surface area contributed by atoms with E-state index in [2.05, 4.69) is 5.32 Å². The Bertz CT molecular complexity index is 1380. The van der Waals surface area contributed by atoms with Crippen LogP contribution in [0.4, 0.5) is 0 Å². The Kier molecular flexibility index (Phi) is 6.06. The van der Waals surface area contributed by atoms with Crippen molar-refractivity contribution in [2.75, 3.05) is 28.4 Å². The maximum atomic E-state index is 14.4. The van der Waals surface area contributed by atoms with E-state index in [0.29, 0.717) is 28.3 Å². The van der Waals surface area contributed by atoms with Crippen molar-refractivity contribution in [1.29, 1.82) is 0 Å². The summed E-state index contributed by atoms with van der Waals surface area (Å²) in [6.45, 7) is 1.75. The van der Waals surface area contributed by atoms with Crippen molar-refractivity contribution in [3.63, 3.8) is 0 Å². The summed E-state index contributed by atoms with van der Waals surface area (Å²) < 4.78 is 27.8. The van der Waals surface area contributed by atoms with E-state index in [4.69, 9.17) is 35.3 Å². The van der Waals surface area contributed by atoms with E-state index >= 15 is 0 Å². The summed E-state index contributed by atoms with van der Waals surface area (Å²) in [4.78, 5) is 41.1. The minimum absolute atomic E-state index is 0.0174. The number of Topliss-reactive ketones (excluding diaryl/α,β-unsaturated/α-hetero) is 2. The van der Waals surface area contributed by atoms with Crippen molar-refractivity contribution in [3.8, 4) is 28.7 Å². The highest BCUT2D eigenvalue weighted by Gasteiger charge is 2.63. The predicted octanol–water partition coefficient (Wildman–Crippen LogP) is 3.86. The lowest BCUT2D eigenvalue weighted by molar-refractivity contribution is -0.131. The molecule has 2 heterocycles. The Morgan fingerprint density at radius 1 is 0.892 bits per heavy atom. The molecule has 1 amide bonds. The second-order valence-electron chi connectivity index (χ2n) is 9.21. The first-order chi connectivity index (χ1) is 17.7. The molecule has 0 aromatic heterocycles. The SMILES string of the molecule is COc1ccc([C@H]2CC(=O)NC3=C2C(=O)[C@@]2(Oc4c(Cl)c(OC)cc(OC)c4C2=O)[C@H](C)C3)cc1OC. The summed E-state index contributed by atoms with van der Waals surface area (Å²) in [7, 11) is 5.88. The molecule has 0 bridgehead atoms. The first-order valence-corrected chi connectivity index (χ1v) is 12.1. The molecule has 0 saturated heterocycles. The summed E-state index contributed by atoms with van der Waals surface area (Å²) in [5, 5.41) is 2.93. The Balaban J connectivity index is 1.66. The van der Waals surface area contributed by atoms with Crippen LogP contribution >= 0.6 is 11.6 Å². The van der Waals surface area contributed by atoms with Crippen LogP contribution in [0.3, 0.4) is 0 Å². The molecule has 0 saturated carbocycles. The van der Waals surface area contributed by atoms with Gasteiger partial charge in [-0.1, -0.05) is 24.6 Å². The van der Waals surface area contributed by atoms with E-state index in [-0.39, 0.29) is 46.6 Å². The van der Waals surface area contributed by atoms with Crippen molar-refractivity contribution in [1.82, 2.24) is 5.32 Å². The zero-order valence-electron chi connectivity index (χ0n) is 21.0. The molecule has 3 atom stereocenters. The highest BCUT2D eigenvalue weighted by atomic mass is 35.5. The zero-order valence-corrected chi connectivity index (χ0v) is 21.8. The minimum Gasteiger partial charge on any atom is -0.496 e. The number of allylic oxidation sites excluding steroid dienone is 1. The Morgan fingerprint density at radius 2 is 1.57 bits per heavy atom. The number of carbonyl (C=O) groups is 3. The quantitative estimate of drug-likeness (QED) is 0.584. The number of carbonyl (C=O) groups excluding carboxylic acids is 3. The first kappa shape index (κ1) is 25.0. The normalized spacial score (nSPS) is 24.3. The van der Waals surface area contributed by atoms with E-state index < -0.39 is 29.0 Å². The van der Waals surface area contributed by atoms with Crippen molar-refractivity contribution in [2.24, 2.45) is 5.92 Å². The molecule has 1 aliphatic carbocycles. The van der Waals surface area contributed by atoms with E-state index in [1.54, 1.807) is 25.1 Å². The van der Waals surface area contributed by atoms with E-state index in [1.807, 2.05) is 0 Å². The Labute approximate surface area is 218 Å². The number of nitrogens with one attached hydrogen (secondary N) is 1. The van der Waals surface area contributed by atoms with Gasteiger partial charge in [0.1, 0.15) is 22.1 Å². The fraction of sp³-hybridized carbons (Fsp3) is 0.370. The van der Waals surface area contributed by atoms with Crippen molar-refractivity contribution < 1.29 is 38.1 Å². The average Bonchev–Trinajstić information content (AvgIpc) is 3.21. The van der Waals surface area contributed by atoms with Gasteiger partial charge in [-0.3, -0.25) is 14.4 Å². The smallest absolute Gasteiger partial charge is 0.236 e. The molecule has 2 aromatic rings. The topological polar surface area (TPSA) is 109 Å². The third-order valence-electron chi connectivity index (χ3n) is 7.37. The summed E-state index contributed by atoms with van der Waals surface area (Å²) in [6, 6.07) is 6.74. The zero-order chi connectivity index (χ0) is 26.6. The van der Waals surface area contributed by atoms with Gasteiger partial charge >= 0.3 is 0 Å². The molecule has 1 N–H and O–H groups in total.